The predicted octanol–water partition coefficient (Wildman–Crippen LogP) is 1.93. The van der Waals surface area contributed by atoms with Crippen LogP contribution in [-0.4, -0.2) is 33.5 Å². The van der Waals surface area contributed by atoms with Crippen molar-refractivity contribution in [2.24, 2.45) is 0 Å². The summed E-state index contributed by atoms with van der Waals surface area (Å²) >= 11 is 0. The molecule has 0 atom stereocenters. The zero-order chi connectivity index (χ0) is 12.0. The second-order valence-electron chi connectivity index (χ2n) is 4.42. The predicted molar refractivity (Wildman–Crippen MR) is 68.1 cm³/mol. The smallest absolute Gasteiger partial charge is 0.0700 e. The summed E-state index contributed by atoms with van der Waals surface area (Å²) in [5.41, 5.74) is 1.29. The van der Waals surface area contributed by atoms with Crippen LogP contribution in [0.15, 0.2) is 30.3 Å². The molecule has 1 aliphatic rings. The molecule has 3 heteroatoms. The molecule has 0 bridgehead atoms. The topological polar surface area (TPSA) is 30.5 Å². The molecule has 0 radical (unpaired) electrons. The molecule has 1 saturated heterocycles. The fourth-order valence-corrected chi connectivity index (χ4v) is 2.38. The normalized spacial score (nSPS) is 21.2. The van der Waals surface area contributed by atoms with E-state index in [2.05, 4.69) is 35.6 Å². The number of hydrogen-bond acceptors (Lipinski definition) is 3. The van der Waals surface area contributed by atoms with Gasteiger partial charge >= 0.3 is 0 Å². The standard InChI is InChI=1S/C14H21NO2/c1-15-14(13-5-3-2-4-6-13)7-9-16-11-12-17-10-8-14/h2-6,15H,7-12H2,1H3. The third-order valence-electron chi connectivity index (χ3n) is 3.52. The van der Waals surface area contributed by atoms with E-state index in [9.17, 15) is 0 Å². The minimum absolute atomic E-state index is 0.0222. The lowest BCUT2D eigenvalue weighted by Crippen LogP contribution is -2.41. The number of hydrogen-bond donors (Lipinski definition) is 1. The second kappa shape index (κ2) is 6.15. The van der Waals surface area contributed by atoms with E-state index in [4.69, 9.17) is 9.47 Å². The van der Waals surface area contributed by atoms with Gasteiger partial charge in [-0.05, 0) is 25.5 Å². The van der Waals surface area contributed by atoms with E-state index in [0.717, 1.165) is 26.1 Å². The van der Waals surface area contributed by atoms with Crippen LogP contribution in [0, 0.1) is 0 Å². The SMILES string of the molecule is CNC1(c2ccccc2)CCOCCOCC1. The molecule has 1 aromatic rings. The van der Waals surface area contributed by atoms with Crippen molar-refractivity contribution in [1.29, 1.82) is 0 Å². The molecular formula is C14H21NO2. The van der Waals surface area contributed by atoms with Crippen LogP contribution in [0.1, 0.15) is 18.4 Å². The summed E-state index contributed by atoms with van der Waals surface area (Å²) < 4.78 is 11.1. The van der Waals surface area contributed by atoms with Gasteiger partial charge in [0, 0.05) is 18.8 Å². The lowest BCUT2D eigenvalue weighted by molar-refractivity contribution is 0.0584. The third kappa shape index (κ3) is 3.06. The first-order valence-electron chi connectivity index (χ1n) is 6.27. The Morgan fingerprint density at radius 3 is 2.06 bits per heavy atom. The van der Waals surface area contributed by atoms with Crippen LogP contribution in [0.4, 0.5) is 0 Å². The average molecular weight is 235 g/mol. The summed E-state index contributed by atoms with van der Waals surface area (Å²) in [6.07, 6.45) is 1.97. The number of rotatable bonds is 2. The minimum Gasteiger partial charge on any atom is -0.379 e. The van der Waals surface area contributed by atoms with Crippen molar-refractivity contribution in [3.8, 4) is 0 Å². The first-order valence-corrected chi connectivity index (χ1v) is 6.27. The lowest BCUT2D eigenvalue weighted by Gasteiger charge is -2.33. The van der Waals surface area contributed by atoms with Gasteiger partial charge in [-0.1, -0.05) is 30.3 Å². The van der Waals surface area contributed by atoms with E-state index in [1.165, 1.54) is 5.56 Å². The molecule has 1 heterocycles. The van der Waals surface area contributed by atoms with Crippen LogP contribution in [0.5, 0.6) is 0 Å². The average Bonchev–Trinajstić information content (AvgIpc) is 2.52. The van der Waals surface area contributed by atoms with Crippen molar-refractivity contribution in [2.45, 2.75) is 18.4 Å². The van der Waals surface area contributed by atoms with Gasteiger partial charge in [-0.25, -0.2) is 0 Å². The molecule has 0 aliphatic carbocycles. The highest BCUT2D eigenvalue weighted by molar-refractivity contribution is 5.24. The van der Waals surface area contributed by atoms with Crippen LogP contribution < -0.4 is 5.32 Å². The molecule has 0 spiro atoms. The van der Waals surface area contributed by atoms with Crippen LogP contribution in [-0.2, 0) is 15.0 Å². The quantitative estimate of drug-likeness (QED) is 0.849. The number of benzene rings is 1. The Bertz CT molecular complexity index is 316. The van der Waals surface area contributed by atoms with Gasteiger partial charge in [0.25, 0.3) is 0 Å². The molecule has 3 nitrogen and oxygen atoms in total. The maximum absolute atomic E-state index is 5.57. The van der Waals surface area contributed by atoms with Gasteiger partial charge in [-0.2, -0.15) is 0 Å². The van der Waals surface area contributed by atoms with Crippen molar-refractivity contribution in [1.82, 2.24) is 5.32 Å². The Balaban J connectivity index is 2.20. The maximum atomic E-state index is 5.57. The monoisotopic (exact) mass is 235 g/mol. The zero-order valence-corrected chi connectivity index (χ0v) is 10.4. The van der Waals surface area contributed by atoms with E-state index < -0.39 is 0 Å². The van der Waals surface area contributed by atoms with Crippen LogP contribution in [0.3, 0.4) is 0 Å². The summed E-state index contributed by atoms with van der Waals surface area (Å²) in [4.78, 5) is 0. The van der Waals surface area contributed by atoms with E-state index in [1.807, 2.05) is 7.05 Å². The molecule has 1 aromatic carbocycles. The Morgan fingerprint density at radius 1 is 0.941 bits per heavy atom. The molecule has 0 saturated carbocycles. The van der Waals surface area contributed by atoms with Crippen LogP contribution in [0.2, 0.25) is 0 Å². The van der Waals surface area contributed by atoms with Gasteiger partial charge in [-0.3, -0.25) is 0 Å². The minimum atomic E-state index is -0.0222. The van der Waals surface area contributed by atoms with E-state index in [-0.39, 0.29) is 5.54 Å². The van der Waals surface area contributed by atoms with Crippen LogP contribution in [0.25, 0.3) is 0 Å². The van der Waals surface area contributed by atoms with Gasteiger partial charge in [0.1, 0.15) is 0 Å². The van der Waals surface area contributed by atoms with Gasteiger partial charge in [0.05, 0.1) is 13.2 Å². The van der Waals surface area contributed by atoms with Gasteiger partial charge < -0.3 is 14.8 Å². The fourth-order valence-electron chi connectivity index (χ4n) is 2.38. The van der Waals surface area contributed by atoms with Gasteiger partial charge in [-0.15, -0.1) is 0 Å². The molecule has 17 heavy (non-hydrogen) atoms. The Labute approximate surface area is 103 Å². The van der Waals surface area contributed by atoms with E-state index in [0.29, 0.717) is 13.2 Å². The van der Waals surface area contributed by atoms with Crippen LogP contribution >= 0.6 is 0 Å². The summed E-state index contributed by atoms with van der Waals surface area (Å²) in [5.74, 6) is 0. The van der Waals surface area contributed by atoms with Crippen molar-refractivity contribution in [3.63, 3.8) is 0 Å². The molecular weight excluding hydrogens is 214 g/mol. The van der Waals surface area contributed by atoms with Crippen molar-refractivity contribution in [3.05, 3.63) is 35.9 Å². The Kier molecular flexibility index (Phi) is 4.54. The number of nitrogens with one attached hydrogen (secondary N) is 1. The highest BCUT2D eigenvalue weighted by Crippen LogP contribution is 2.29. The fraction of sp³-hybridized carbons (Fsp3) is 0.571. The highest BCUT2D eigenvalue weighted by atomic mass is 16.5. The van der Waals surface area contributed by atoms with Crippen molar-refractivity contribution in [2.75, 3.05) is 33.5 Å². The molecule has 94 valence electrons. The molecule has 0 unspecified atom stereocenters. The summed E-state index contributed by atoms with van der Waals surface area (Å²) in [6.45, 7) is 2.96. The molecule has 0 aromatic heterocycles. The van der Waals surface area contributed by atoms with Crippen molar-refractivity contribution >= 4 is 0 Å². The van der Waals surface area contributed by atoms with Gasteiger partial charge in [0.2, 0.25) is 0 Å². The Hall–Kier alpha value is -0.900. The van der Waals surface area contributed by atoms with Crippen molar-refractivity contribution < 1.29 is 9.47 Å². The second-order valence-corrected chi connectivity index (χ2v) is 4.42. The molecule has 0 amide bonds. The summed E-state index contributed by atoms with van der Waals surface area (Å²) in [5, 5.41) is 3.47. The maximum Gasteiger partial charge on any atom is 0.0700 e. The first-order chi connectivity index (χ1) is 8.37. The van der Waals surface area contributed by atoms with E-state index >= 15 is 0 Å². The molecule has 2 rings (SSSR count). The number of ether oxygens (including phenoxy) is 2. The lowest BCUT2D eigenvalue weighted by atomic mass is 9.84. The van der Waals surface area contributed by atoms with Gasteiger partial charge in [0.15, 0.2) is 0 Å². The molecule has 1 N–H and O–H groups in total. The molecule has 1 fully saturated rings. The highest BCUT2D eigenvalue weighted by Gasteiger charge is 2.30. The van der Waals surface area contributed by atoms with E-state index in [1.54, 1.807) is 0 Å². The third-order valence-corrected chi connectivity index (χ3v) is 3.52. The summed E-state index contributed by atoms with van der Waals surface area (Å²) in [6, 6.07) is 10.6. The largest absolute Gasteiger partial charge is 0.379 e. The zero-order valence-electron chi connectivity index (χ0n) is 10.4. The summed E-state index contributed by atoms with van der Waals surface area (Å²) in [7, 11) is 2.02. The first kappa shape index (κ1) is 12.6. The molecule has 1 aliphatic heterocycles. The Morgan fingerprint density at radius 2 is 1.53 bits per heavy atom.